The van der Waals surface area contributed by atoms with Gasteiger partial charge in [-0.2, -0.15) is 5.10 Å². The summed E-state index contributed by atoms with van der Waals surface area (Å²) in [4.78, 5) is 28.0. The van der Waals surface area contributed by atoms with E-state index in [1.54, 1.807) is 6.20 Å². The molecule has 34 heavy (non-hydrogen) atoms. The molecule has 0 saturated carbocycles. The van der Waals surface area contributed by atoms with Crippen molar-refractivity contribution in [3.8, 4) is 11.1 Å². The Labute approximate surface area is 201 Å². The molecule has 178 valence electrons. The summed E-state index contributed by atoms with van der Waals surface area (Å²) in [5.74, 6) is 0.535. The number of benzene rings is 1. The molecule has 6 nitrogen and oxygen atoms in total. The lowest BCUT2D eigenvalue weighted by Crippen LogP contribution is -2.23. The molecule has 4 rings (SSSR count). The van der Waals surface area contributed by atoms with E-state index in [1.165, 1.54) is 5.56 Å². The number of rotatable bonds is 6. The molecule has 1 aliphatic rings. The smallest absolute Gasteiger partial charge is 0.256 e. The summed E-state index contributed by atoms with van der Waals surface area (Å²) in [6.45, 7) is 11.6. The fourth-order valence-corrected chi connectivity index (χ4v) is 4.29. The maximum absolute atomic E-state index is 13.1. The maximum atomic E-state index is 13.1. The average molecular weight is 459 g/mol. The average Bonchev–Trinajstić information content (AvgIpc) is 3.39. The van der Waals surface area contributed by atoms with Crippen molar-refractivity contribution in [1.29, 1.82) is 0 Å². The third-order valence-electron chi connectivity index (χ3n) is 6.15. The van der Waals surface area contributed by atoms with Crippen LogP contribution in [0.3, 0.4) is 0 Å². The Kier molecular flexibility index (Phi) is 6.60. The molecule has 6 heteroatoms. The molecule has 2 aromatic heterocycles. The number of H-pyrrole nitrogens is 1. The van der Waals surface area contributed by atoms with Crippen LogP contribution in [0.25, 0.3) is 16.7 Å². The molecule has 3 heterocycles. The second-order valence-electron chi connectivity index (χ2n) is 10.6. The summed E-state index contributed by atoms with van der Waals surface area (Å²) in [7, 11) is 0. The van der Waals surface area contributed by atoms with Gasteiger partial charge < -0.3 is 10.3 Å². The maximum Gasteiger partial charge on any atom is 0.256 e. The van der Waals surface area contributed by atoms with Gasteiger partial charge >= 0.3 is 0 Å². The fourth-order valence-electron chi connectivity index (χ4n) is 4.29. The molecule has 1 fully saturated rings. The quantitative estimate of drug-likeness (QED) is 0.551. The van der Waals surface area contributed by atoms with E-state index in [2.05, 4.69) is 80.4 Å². The Bertz CT molecular complexity index is 1260. The van der Waals surface area contributed by atoms with E-state index >= 15 is 0 Å². The predicted molar refractivity (Wildman–Crippen MR) is 137 cm³/mol. The van der Waals surface area contributed by atoms with Crippen molar-refractivity contribution < 1.29 is 4.79 Å². The van der Waals surface area contributed by atoms with E-state index in [4.69, 9.17) is 0 Å². The lowest BCUT2D eigenvalue weighted by molar-refractivity contribution is -0.119. The van der Waals surface area contributed by atoms with Crippen LogP contribution in [0.5, 0.6) is 0 Å². The van der Waals surface area contributed by atoms with Gasteiger partial charge in [0.25, 0.3) is 5.56 Å². The Hall–Kier alpha value is -3.41. The molecule has 0 bridgehead atoms. The van der Waals surface area contributed by atoms with Gasteiger partial charge in [0.1, 0.15) is 0 Å². The molecule has 1 aromatic carbocycles. The summed E-state index contributed by atoms with van der Waals surface area (Å²) >= 11 is 0. The monoisotopic (exact) mass is 458 g/mol. The number of aromatic amines is 1. The minimum absolute atomic E-state index is 0.0534. The molecule has 1 saturated heterocycles. The van der Waals surface area contributed by atoms with Crippen LogP contribution in [0.2, 0.25) is 0 Å². The lowest BCUT2D eigenvalue weighted by Gasteiger charge is -2.20. The molecule has 0 aliphatic carbocycles. The molecule has 3 aromatic rings. The van der Waals surface area contributed by atoms with E-state index < -0.39 is 0 Å². The first-order valence-corrected chi connectivity index (χ1v) is 12.0. The van der Waals surface area contributed by atoms with Crippen LogP contribution in [0, 0.1) is 5.92 Å². The highest BCUT2D eigenvalue weighted by Gasteiger charge is 2.21. The summed E-state index contributed by atoms with van der Waals surface area (Å²) in [6.07, 6.45) is 6.98. The van der Waals surface area contributed by atoms with Crippen molar-refractivity contribution in [1.82, 2.24) is 20.1 Å². The first-order chi connectivity index (χ1) is 16.1. The molecule has 1 aliphatic heterocycles. The van der Waals surface area contributed by atoms with Crippen molar-refractivity contribution in [3.05, 3.63) is 82.0 Å². The van der Waals surface area contributed by atoms with Gasteiger partial charge in [-0.3, -0.25) is 14.3 Å². The molecule has 0 spiro atoms. The van der Waals surface area contributed by atoms with Crippen LogP contribution in [-0.4, -0.2) is 26.7 Å². The summed E-state index contributed by atoms with van der Waals surface area (Å²) in [5, 5.41) is 7.41. The minimum atomic E-state index is -0.158. The third kappa shape index (κ3) is 5.38. The molecular formula is C28H34N4O2. The highest BCUT2D eigenvalue weighted by molar-refractivity contribution is 5.82. The van der Waals surface area contributed by atoms with Crippen LogP contribution < -0.4 is 10.9 Å². The van der Waals surface area contributed by atoms with E-state index in [1.807, 2.05) is 23.0 Å². The Morgan fingerprint density at radius 1 is 1.15 bits per heavy atom. The first kappa shape index (κ1) is 23.7. The van der Waals surface area contributed by atoms with Gasteiger partial charge in [0.2, 0.25) is 5.91 Å². The van der Waals surface area contributed by atoms with Crippen molar-refractivity contribution in [2.75, 3.05) is 0 Å². The molecule has 2 N–H and O–H groups in total. The second-order valence-corrected chi connectivity index (χ2v) is 10.6. The summed E-state index contributed by atoms with van der Waals surface area (Å²) < 4.78 is 1.87. The van der Waals surface area contributed by atoms with Crippen LogP contribution in [-0.2, 0) is 16.8 Å². The Morgan fingerprint density at radius 3 is 2.47 bits per heavy atom. The van der Waals surface area contributed by atoms with Crippen molar-refractivity contribution in [3.63, 3.8) is 0 Å². The number of nitrogens with zero attached hydrogens (tertiary/aromatic N) is 2. The standard InChI is InChI=1S/C28H34N4O2/c1-18(2)16-32-17-20(15-29-32)23-11-12-25(31-27(23)34)24(14-22-10-13-26(33)30-22)19-6-8-21(9-7-19)28(3,4)5/h6-9,11-12,14-15,17-18,22H,10,13,16H2,1-5H3,(H,30,33)(H,31,34)/b24-14+/t22-/m1/s1. The van der Waals surface area contributed by atoms with Gasteiger partial charge in [-0.05, 0) is 41.0 Å². The number of pyridine rings is 1. The summed E-state index contributed by atoms with van der Waals surface area (Å²) in [5.41, 5.74) is 5.17. The zero-order chi connectivity index (χ0) is 24.5. The fraction of sp³-hybridized carbons (Fsp3) is 0.393. The molecule has 1 amide bonds. The van der Waals surface area contributed by atoms with Gasteiger partial charge in [-0.25, -0.2) is 0 Å². The second kappa shape index (κ2) is 9.45. The van der Waals surface area contributed by atoms with Crippen molar-refractivity contribution >= 4 is 11.5 Å². The molecule has 1 atom stereocenters. The van der Waals surface area contributed by atoms with E-state index in [-0.39, 0.29) is 22.9 Å². The van der Waals surface area contributed by atoms with Crippen LogP contribution in [0.1, 0.15) is 64.3 Å². The largest absolute Gasteiger partial charge is 0.350 e. The van der Waals surface area contributed by atoms with E-state index in [0.717, 1.165) is 35.4 Å². The molecular weight excluding hydrogens is 424 g/mol. The van der Waals surface area contributed by atoms with E-state index in [9.17, 15) is 9.59 Å². The van der Waals surface area contributed by atoms with Gasteiger partial charge in [-0.15, -0.1) is 0 Å². The number of hydrogen-bond acceptors (Lipinski definition) is 3. The highest BCUT2D eigenvalue weighted by atomic mass is 16.2. The number of carbonyl (C=O) groups excluding carboxylic acids is 1. The van der Waals surface area contributed by atoms with Gasteiger partial charge in [0.15, 0.2) is 0 Å². The topological polar surface area (TPSA) is 79.8 Å². The number of amides is 1. The zero-order valence-electron chi connectivity index (χ0n) is 20.7. The van der Waals surface area contributed by atoms with Gasteiger partial charge in [0.05, 0.1) is 11.8 Å². The number of carbonyl (C=O) groups is 1. The van der Waals surface area contributed by atoms with Crippen LogP contribution in [0.15, 0.2) is 59.7 Å². The first-order valence-electron chi connectivity index (χ1n) is 12.0. The normalized spacial score (nSPS) is 16.8. The number of hydrogen-bond donors (Lipinski definition) is 2. The molecule has 0 radical (unpaired) electrons. The Balaban J connectivity index is 1.71. The van der Waals surface area contributed by atoms with Gasteiger partial charge in [-0.1, -0.05) is 65.0 Å². The zero-order valence-corrected chi connectivity index (χ0v) is 20.7. The molecule has 0 unspecified atom stereocenters. The van der Waals surface area contributed by atoms with Crippen LogP contribution in [0.4, 0.5) is 0 Å². The van der Waals surface area contributed by atoms with Crippen LogP contribution >= 0.6 is 0 Å². The number of aromatic nitrogens is 3. The summed E-state index contributed by atoms with van der Waals surface area (Å²) in [6, 6.07) is 12.2. The Morgan fingerprint density at radius 2 is 1.88 bits per heavy atom. The SMILES string of the molecule is CC(C)Cn1cc(-c2ccc(/C(=C/[C@H]3CCC(=O)N3)c3ccc(C(C)(C)C)cc3)[nH]c2=O)cn1. The van der Waals surface area contributed by atoms with Gasteiger partial charge in [0, 0.05) is 42.0 Å². The minimum Gasteiger partial charge on any atom is -0.350 e. The third-order valence-corrected chi connectivity index (χ3v) is 6.15. The highest BCUT2D eigenvalue weighted by Crippen LogP contribution is 2.28. The lowest BCUT2D eigenvalue weighted by atomic mass is 9.86. The predicted octanol–water partition coefficient (Wildman–Crippen LogP) is 4.90. The van der Waals surface area contributed by atoms with E-state index in [0.29, 0.717) is 17.9 Å². The number of nitrogens with one attached hydrogen (secondary N) is 2. The van der Waals surface area contributed by atoms with Crippen molar-refractivity contribution in [2.24, 2.45) is 5.92 Å². The van der Waals surface area contributed by atoms with Crippen molar-refractivity contribution in [2.45, 2.75) is 65.5 Å².